The summed E-state index contributed by atoms with van der Waals surface area (Å²) in [5.74, 6) is -2.50. The molecule has 8 nitrogen and oxygen atoms in total. The average Bonchev–Trinajstić information content (AvgIpc) is 2.96. The lowest BCUT2D eigenvalue weighted by Crippen LogP contribution is -2.12. The van der Waals surface area contributed by atoms with Crippen molar-refractivity contribution in [2.45, 2.75) is 0 Å². The van der Waals surface area contributed by atoms with Gasteiger partial charge in [-0.1, -0.05) is 0 Å². The predicted octanol–water partition coefficient (Wildman–Crippen LogP) is 3.03. The molecule has 3 N–H and O–H groups in total. The Labute approximate surface area is 159 Å². The van der Waals surface area contributed by atoms with E-state index >= 15 is 0 Å². The third-order valence-electron chi connectivity index (χ3n) is 3.79. The number of carbonyl (C=O) groups is 1. The largest absolute Gasteiger partial charge is 0.506 e. The van der Waals surface area contributed by atoms with Crippen LogP contribution in [0.1, 0.15) is 10.4 Å². The number of rotatable bonds is 7. The van der Waals surface area contributed by atoms with Crippen molar-refractivity contribution in [3.05, 3.63) is 47.8 Å². The summed E-state index contributed by atoms with van der Waals surface area (Å²) in [7, 11) is -3.30. The van der Waals surface area contributed by atoms with Crippen molar-refractivity contribution >= 4 is 32.5 Å². The van der Waals surface area contributed by atoms with Crippen molar-refractivity contribution in [2.75, 3.05) is 24.2 Å². The molecule has 0 amide bonds. The molecule has 2 aromatic carbocycles. The summed E-state index contributed by atoms with van der Waals surface area (Å²) < 4.78 is 45.8. The average molecular weight is 409 g/mol. The van der Waals surface area contributed by atoms with Gasteiger partial charge in [0.1, 0.15) is 41.1 Å². The fraction of sp³-hybridized carbons (Fsp3) is 0.167. The Hall–Kier alpha value is -3.11. The number of furan rings is 1. The maximum atomic E-state index is 13.2. The van der Waals surface area contributed by atoms with Crippen LogP contribution < -0.4 is 5.32 Å². The molecule has 3 rings (SSSR count). The number of nitrogens with one attached hydrogen (secondary N) is 1. The van der Waals surface area contributed by atoms with E-state index in [9.17, 15) is 27.8 Å². The van der Waals surface area contributed by atoms with Gasteiger partial charge in [0.15, 0.2) is 9.84 Å². The van der Waals surface area contributed by atoms with Gasteiger partial charge in [-0.2, -0.15) is 0 Å². The van der Waals surface area contributed by atoms with E-state index in [1.54, 1.807) is 0 Å². The highest BCUT2D eigenvalue weighted by Gasteiger charge is 2.23. The van der Waals surface area contributed by atoms with Crippen LogP contribution >= 0.6 is 0 Å². The Kier molecular flexibility index (Phi) is 5.25. The lowest BCUT2D eigenvalue weighted by Gasteiger charge is -2.08. The van der Waals surface area contributed by atoms with Gasteiger partial charge < -0.3 is 24.7 Å². The summed E-state index contributed by atoms with van der Waals surface area (Å²) in [5, 5.41) is 22.6. The van der Waals surface area contributed by atoms with Crippen LogP contribution in [0.3, 0.4) is 0 Å². The Morgan fingerprint density at radius 2 is 1.93 bits per heavy atom. The first-order valence-corrected chi connectivity index (χ1v) is 10.00. The number of phenols is 1. The lowest BCUT2D eigenvalue weighted by atomic mass is 10.0. The van der Waals surface area contributed by atoms with Gasteiger partial charge in [-0.05, 0) is 30.3 Å². The van der Waals surface area contributed by atoms with Crippen LogP contribution in [0.2, 0.25) is 0 Å². The van der Waals surface area contributed by atoms with Crippen LogP contribution in [0.5, 0.6) is 5.75 Å². The predicted molar refractivity (Wildman–Crippen MR) is 99.5 cm³/mol. The van der Waals surface area contributed by atoms with E-state index in [1.165, 1.54) is 36.4 Å². The number of aromatic hydroxyl groups is 1. The molecular weight excluding hydrogens is 393 g/mol. The van der Waals surface area contributed by atoms with Crippen molar-refractivity contribution in [2.24, 2.45) is 0 Å². The SMILES string of the molecule is CS(=O)(=O)COCNc1cc2oc(-c3ccc(F)cc3)c(C(=O)O)c2cc1O. The maximum absolute atomic E-state index is 13.2. The van der Waals surface area contributed by atoms with Gasteiger partial charge in [-0.3, -0.25) is 0 Å². The van der Waals surface area contributed by atoms with Crippen molar-refractivity contribution in [3.8, 4) is 17.1 Å². The smallest absolute Gasteiger partial charge is 0.340 e. The first-order chi connectivity index (χ1) is 13.2. The van der Waals surface area contributed by atoms with E-state index < -0.39 is 27.6 Å². The van der Waals surface area contributed by atoms with Gasteiger partial charge in [0.2, 0.25) is 0 Å². The zero-order chi connectivity index (χ0) is 20.5. The van der Waals surface area contributed by atoms with Crippen molar-refractivity contribution in [1.29, 1.82) is 0 Å². The van der Waals surface area contributed by atoms with Gasteiger partial charge in [0, 0.05) is 23.3 Å². The number of carboxylic acids is 1. The zero-order valence-electron chi connectivity index (χ0n) is 14.6. The minimum Gasteiger partial charge on any atom is -0.506 e. The van der Waals surface area contributed by atoms with Crippen LogP contribution in [0, 0.1) is 5.82 Å². The Morgan fingerprint density at radius 3 is 2.54 bits per heavy atom. The van der Waals surface area contributed by atoms with E-state index in [-0.39, 0.29) is 40.5 Å². The molecule has 0 aliphatic heterocycles. The summed E-state index contributed by atoms with van der Waals surface area (Å²) in [4.78, 5) is 11.7. The molecule has 0 atom stereocenters. The molecule has 0 saturated carbocycles. The minimum absolute atomic E-state index is 0.0207. The monoisotopic (exact) mass is 409 g/mol. The van der Waals surface area contributed by atoms with Crippen LogP contribution in [-0.4, -0.2) is 43.5 Å². The fourth-order valence-corrected chi connectivity index (χ4v) is 3.00. The highest BCUT2D eigenvalue weighted by molar-refractivity contribution is 7.90. The number of anilines is 1. The number of fused-ring (bicyclic) bond motifs is 1. The summed E-state index contributed by atoms with van der Waals surface area (Å²) in [6.45, 7) is -0.205. The summed E-state index contributed by atoms with van der Waals surface area (Å²) >= 11 is 0. The molecule has 1 heterocycles. The van der Waals surface area contributed by atoms with Gasteiger partial charge in [0.25, 0.3) is 0 Å². The third kappa shape index (κ3) is 4.24. The van der Waals surface area contributed by atoms with E-state index in [0.717, 1.165) is 6.26 Å². The number of benzene rings is 2. The number of ether oxygens (including phenoxy) is 1. The Balaban J connectivity index is 1.97. The minimum atomic E-state index is -3.30. The number of sulfone groups is 1. The lowest BCUT2D eigenvalue weighted by molar-refractivity contribution is 0.0699. The number of carboxylic acid groups (broad SMARTS) is 1. The molecule has 3 aromatic rings. The molecule has 0 bridgehead atoms. The highest BCUT2D eigenvalue weighted by Crippen LogP contribution is 2.38. The molecule has 1 aromatic heterocycles. The number of halogens is 1. The summed E-state index contributed by atoms with van der Waals surface area (Å²) in [6, 6.07) is 7.71. The maximum Gasteiger partial charge on any atom is 0.340 e. The Bertz CT molecular complexity index is 1140. The molecular formula is C18H16FNO7S. The molecule has 0 fully saturated rings. The van der Waals surface area contributed by atoms with E-state index in [0.29, 0.717) is 5.56 Å². The molecule has 28 heavy (non-hydrogen) atoms. The number of phenolic OH excluding ortho intramolecular Hbond substituents is 1. The van der Waals surface area contributed by atoms with E-state index in [2.05, 4.69) is 5.32 Å². The van der Waals surface area contributed by atoms with Gasteiger partial charge in [-0.15, -0.1) is 0 Å². The first-order valence-electron chi connectivity index (χ1n) is 7.94. The molecule has 10 heteroatoms. The second-order valence-electron chi connectivity index (χ2n) is 6.05. The molecule has 0 aliphatic rings. The van der Waals surface area contributed by atoms with Crippen LogP contribution in [0.15, 0.2) is 40.8 Å². The third-order valence-corrected chi connectivity index (χ3v) is 4.38. The Morgan fingerprint density at radius 1 is 1.25 bits per heavy atom. The normalized spacial score (nSPS) is 11.6. The van der Waals surface area contributed by atoms with Crippen LogP contribution in [0.25, 0.3) is 22.3 Å². The number of hydrogen-bond donors (Lipinski definition) is 3. The topological polar surface area (TPSA) is 126 Å². The summed E-state index contributed by atoms with van der Waals surface area (Å²) in [5.41, 5.74) is 0.523. The second-order valence-corrected chi connectivity index (χ2v) is 8.14. The molecule has 0 aliphatic carbocycles. The standard InChI is InChI=1S/C18H16FNO7S/c1-28(24,25)9-26-8-20-13-7-15-12(6-14(13)21)16(18(22)23)17(27-15)10-2-4-11(19)5-3-10/h2-7,20-21H,8-9H2,1H3,(H,22,23). The number of aromatic carboxylic acids is 1. The van der Waals surface area contributed by atoms with Crippen LogP contribution in [0.4, 0.5) is 10.1 Å². The van der Waals surface area contributed by atoms with Gasteiger partial charge in [0.05, 0.1) is 5.69 Å². The molecule has 0 saturated heterocycles. The van der Waals surface area contributed by atoms with Crippen molar-refractivity contribution in [3.63, 3.8) is 0 Å². The van der Waals surface area contributed by atoms with Crippen LogP contribution in [-0.2, 0) is 14.6 Å². The van der Waals surface area contributed by atoms with Crippen molar-refractivity contribution < 1.29 is 37.0 Å². The molecule has 0 radical (unpaired) electrons. The van der Waals surface area contributed by atoms with Gasteiger partial charge in [-0.25, -0.2) is 17.6 Å². The van der Waals surface area contributed by atoms with Crippen molar-refractivity contribution in [1.82, 2.24) is 0 Å². The first kappa shape index (κ1) is 19.6. The number of hydrogen-bond acceptors (Lipinski definition) is 7. The van der Waals surface area contributed by atoms with Gasteiger partial charge >= 0.3 is 5.97 Å². The summed E-state index contributed by atoms with van der Waals surface area (Å²) in [6.07, 6.45) is 1.02. The molecule has 0 unspecified atom stereocenters. The highest BCUT2D eigenvalue weighted by atomic mass is 32.2. The molecule has 0 spiro atoms. The zero-order valence-corrected chi connectivity index (χ0v) is 15.4. The van der Waals surface area contributed by atoms with E-state index in [4.69, 9.17) is 9.15 Å². The fourth-order valence-electron chi connectivity index (χ4n) is 2.61. The quantitative estimate of drug-likeness (QED) is 0.309. The van der Waals surface area contributed by atoms with E-state index in [1.807, 2.05) is 0 Å². The molecule has 148 valence electrons. The second kappa shape index (κ2) is 7.49.